The Morgan fingerprint density at radius 3 is 1.82 bits per heavy atom. The Hall–Kier alpha value is -0.740. The first-order chi connectivity index (χ1) is 18.8. The van der Waals surface area contributed by atoms with E-state index in [0.717, 1.165) is 12.8 Å². The summed E-state index contributed by atoms with van der Waals surface area (Å²) in [5.41, 5.74) is 0. The van der Waals surface area contributed by atoms with Gasteiger partial charge in [0.05, 0.1) is 26.4 Å². The molecule has 2 aliphatic heterocycles. The lowest BCUT2D eigenvalue weighted by molar-refractivity contribution is -0.358. The van der Waals surface area contributed by atoms with Gasteiger partial charge in [0.2, 0.25) is 0 Å². The molecule has 0 saturated carbocycles. The van der Waals surface area contributed by atoms with Gasteiger partial charge in [0.1, 0.15) is 48.8 Å². The van der Waals surface area contributed by atoms with Crippen LogP contribution >= 0.6 is 0 Å². The number of aliphatic hydroxyl groups excluding tert-OH is 7. The van der Waals surface area contributed by atoms with Gasteiger partial charge in [-0.3, -0.25) is 0 Å². The number of rotatable bonds is 19. The van der Waals surface area contributed by atoms with Crippen LogP contribution in [-0.4, -0.2) is 130 Å². The van der Waals surface area contributed by atoms with Crippen LogP contribution in [0, 0.1) is 0 Å². The smallest absolute Gasteiger partial charge is 0.187 e. The summed E-state index contributed by atoms with van der Waals surface area (Å²) in [6.45, 7) is 2.12. The van der Waals surface area contributed by atoms with Crippen LogP contribution < -0.4 is 0 Å². The summed E-state index contributed by atoms with van der Waals surface area (Å²) in [6, 6.07) is 0. The van der Waals surface area contributed by atoms with Crippen molar-refractivity contribution in [2.45, 2.75) is 126 Å². The van der Waals surface area contributed by atoms with E-state index in [1.54, 1.807) is 12.2 Å². The number of unbranched alkanes of at least 4 members (excludes halogenated alkanes) is 8. The monoisotopic (exact) mass is 566 g/mol. The molecule has 2 fully saturated rings. The molecular weight excluding hydrogens is 516 g/mol. The Balaban J connectivity index is 1.66. The van der Waals surface area contributed by atoms with Gasteiger partial charge in [-0.15, -0.1) is 0 Å². The van der Waals surface area contributed by atoms with E-state index in [2.05, 4.69) is 6.92 Å². The predicted molar refractivity (Wildman–Crippen MR) is 140 cm³/mol. The number of hydrogen-bond donors (Lipinski definition) is 7. The third-order valence-corrected chi connectivity index (χ3v) is 7.09. The van der Waals surface area contributed by atoms with Gasteiger partial charge in [0.25, 0.3) is 0 Å². The van der Waals surface area contributed by atoms with E-state index < -0.39 is 74.6 Å². The molecule has 0 unspecified atom stereocenters. The third kappa shape index (κ3) is 11.2. The number of aliphatic hydroxyl groups is 7. The zero-order valence-electron chi connectivity index (χ0n) is 23.0. The minimum Gasteiger partial charge on any atom is -0.394 e. The first-order valence-corrected chi connectivity index (χ1v) is 14.3. The maximum atomic E-state index is 10.6. The summed E-state index contributed by atoms with van der Waals surface area (Å²) in [5, 5.41) is 70.2. The SMILES string of the molecule is CCCCCCCCCCCOC/C=C/CO[C@@H]1O[C@H](CO)[C@@H](O[C@@H]2O[C@H](CO)[C@H](O)[C@H](O)[C@H]2O)[C@H](O)[C@H]1O. The second-order valence-electron chi connectivity index (χ2n) is 10.2. The number of hydrogen-bond acceptors (Lipinski definition) is 12. The zero-order chi connectivity index (χ0) is 28.6. The van der Waals surface area contributed by atoms with Crippen LogP contribution in [0.5, 0.6) is 0 Å². The summed E-state index contributed by atoms with van der Waals surface area (Å²) >= 11 is 0. The molecule has 0 amide bonds. The van der Waals surface area contributed by atoms with E-state index in [9.17, 15) is 35.7 Å². The summed E-state index contributed by atoms with van der Waals surface area (Å²) in [5.74, 6) is 0. The highest BCUT2D eigenvalue weighted by molar-refractivity contribution is 4.94. The predicted octanol–water partition coefficient (Wildman–Crippen LogP) is -0.269. The molecule has 2 rings (SSSR count). The van der Waals surface area contributed by atoms with Gasteiger partial charge in [-0.05, 0) is 6.42 Å². The highest BCUT2D eigenvalue weighted by atomic mass is 16.7. The van der Waals surface area contributed by atoms with Crippen molar-refractivity contribution in [1.29, 1.82) is 0 Å². The van der Waals surface area contributed by atoms with E-state index in [4.69, 9.17) is 23.7 Å². The molecule has 0 aromatic carbocycles. The lowest BCUT2D eigenvalue weighted by atomic mass is 9.97. The van der Waals surface area contributed by atoms with E-state index in [-0.39, 0.29) is 6.61 Å². The van der Waals surface area contributed by atoms with E-state index in [0.29, 0.717) is 13.2 Å². The molecule has 0 aliphatic carbocycles. The van der Waals surface area contributed by atoms with Gasteiger partial charge in [-0.1, -0.05) is 70.4 Å². The second-order valence-corrected chi connectivity index (χ2v) is 10.2. The Bertz CT molecular complexity index is 648. The molecule has 7 N–H and O–H groups in total. The highest BCUT2D eigenvalue weighted by Gasteiger charge is 2.50. The van der Waals surface area contributed by atoms with Crippen LogP contribution in [0.15, 0.2) is 12.2 Å². The van der Waals surface area contributed by atoms with Crippen molar-refractivity contribution < 1.29 is 59.4 Å². The van der Waals surface area contributed by atoms with Crippen LogP contribution in [0.2, 0.25) is 0 Å². The van der Waals surface area contributed by atoms with Crippen LogP contribution in [0.4, 0.5) is 0 Å². The maximum Gasteiger partial charge on any atom is 0.187 e. The van der Waals surface area contributed by atoms with Gasteiger partial charge in [-0.25, -0.2) is 0 Å². The summed E-state index contributed by atoms with van der Waals surface area (Å²) in [6.07, 6.45) is 0.0453. The minimum atomic E-state index is -1.71. The average Bonchev–Trinajstić information content (AvgIpc) is 2.94. The van der Waals surface area contributed by atoms with Gasteiger partial charge >= 0.3 is 0 Å². The van der Waals surface area contributed by atoms with Crippen molar-refractivity contribution in [2.24, 2.45) is 0 Å². The van der Waals surface area contributed by atoms with Crippen molar-refractivity contribution in [3.05, 3.63) is 12.2 Å². The Labute approximate surface area is 231 Å². The fourth-order valence-electron chi connectivity index (χ4n) is 4.65. The molecule has 12 heteroatoms. The Kier molecular flexibility index (Phi) is 17.1. The van der Waals surface area contributed by atoms with Gasteiger partial charge in [0.15, 0.2) is 12.6 Å². The first-order valence-electron chi connectivity index (χ1n) is 14.3. The van der Waals surface area contributed by atoms with Crippen LogP contribution in [0.25, 0.3) is 0 Å². The molecule has 10 atom stereocenters. The van der Waals surface area contributed by atoms with E-state index in [1.807, 2.05) is 0 Å². The maximum absolute atomic E-state index is 10.6. The molecule has 0 bridgehead atoms. The lowest BCUT2D eigenvalue weighted by Gasteiger charge is -2.45. The van der Waals surface area contributed by atoms with Crippen molar-refractivity contribution in [1.82, 2.24) is 0 Å². The quantitative estimate of drug-likeness (QED) is 0.0802. The Morgan fingerprint density at radius 1 is 0.615 bits per heavy atom. The van der Waals surface area contributed by atoms with Gasteiger partial charge < -0.3 is 59.4 Å². The fraction of sp³-hybridized carbons (Fsp3) is 0.926. The minimum absolute atomic E-state index is 0.0617. The molecule has 0 spiro atoms. The average molecular weight is 567 g/mol. The van der Waals surface area contributed by atoms with Gasteiger partial charge in [-0.2, -0.15) is 0 Å². The van der Waals surface area contributed by atoms with E-state index >= 15 is 0 Å². The second kappa shape index (κ2) is 19.4. The molecule has 0 aromatic rings. The van der Waals surface area contributed by atoms with Gasteiger partial charge in [0, 0.05) is 6.61 Å². The normalized spacial score (nSPS) is 35.6. The van der Waals surface area contributed by atoms with Crippen molar-refractivity contribution >= 4 is 0 Å². The molecule has 2 heterocycles. The molecule has 0 aromatic heterocycles. The first kappa shape index (κ1) is 34.5. The van der Waals surface area contributed by atoms with Crippen molar-refractivity contribution in [3.8, 4) is 0 Å². The molecule has 2 saturated heterocycles. The standard InChI is InChI=1S/C27H50O12/c1-2-3-4-5-6-7-8-9-10-13-35-14-11-12-15-36-26-24(34)22(32)25(19(17-29)38-26)39-27-23(33)21(31)20(30)18(16-28)37-27/h11-12,18-34H,2-10,13-17H2,1H3/b12-11+/t18-,19-,20+,21+,22-,23-,24-,25-,26-,27+/m1/s1. The molecule has 12 nitrogen and oxygen atoms in total. The topological polar surface area (TPSA) is 188 Å². The van der Waals surface area contributed by atoms with Crippen molar-refractivity contribution in [2.75, 3.05) is 33.0 Å². The summed E-state index contributed by atoms with van der Waals surface area (Å²) < 4.78 is 27.5. The largest absolute Gasteiger partial charge is 0.394 e. The Morgan fingerprint density at radius 2 is 1.18 bits per heavy atom. The zero-order valence-corrected chi connectivity index (χ0v) is 23.0. The third-order valence-electron chi connectivity index (χ3n) is 7.09. The van der Waals surface area contributed by atoms with Crippen molar-refractivity contribution in [3.63, 3.8) is 0 Å². The molecule has 230 valence electrons. The molecule has 39 heavy (non-hydrogen) atoms. The lowest BCUT2D eigenvalue weighted by Crippen LogP contribution is -2.64. The highest BCUT2D eigenvalue weighted by Crippen LogP contribution is 2.29. The molecule has 0 radical (unpaired) electrons. The number of ether oxygens (including phenoxy) is 5. The van der Waals surface area contributed by atoms with E-state index in [1.165, 1.54) is 44.9 Å². The summed E-state index contributed by atoms with van der Waals surface area (Å²) in [4.78, 5) is 0. The van der Waals surface area contributed by atoms with Crippen LogP contribution in [0.3, 0.4) is 0 Å². The summed E-state index contributed by atoms with van der Waals surface area (Å²) in [7, 11) is 0. The molecular formula is C27H50O12. The molecule has 2 aliphatic rings. The van der Waals surface area contributed by atoms with Crippen LogP contribution in [-0.2, 0) is 23.7 Å². The van der Waals surface area contributed by atoms with Crippen LogP contribution in [0.1, 0.15) is 64.7 Å². The fourth-order valence-corrected chi connectivity index (χ4v) is 4.65.